The average Bonchev–Trinajstić information content (AvgIpc) is 2.48. The molecule has 0 aromatic rings. The molecule has 1 atom stereocenters. The molecule has 0 aliphatic carbocycles. The molecule has 2 heterocycles. The number of hydrogen-bond donors (Lipinski definition) is 1. The quantitative estimate of drug-likeness (QED) is 0.363. The molecule has 0 bridgehead atoms. The minimum atomic E-state index is -3.03. The van der Waals surface area contributed by atoms with Gasteiger partial charge in [0.1, 0.15) is 0 Å². The maximum absolute atomic E-state index is 12.1. The van der Waals surface area contributed by atoms with Crippen LogP contribution in [-0.2, 0) is 14.6 Å². The van der Waals surface area contributed by atoms with Crippen molar-refractivity contribution in [3.8, 4) is 0 Å². The van der Waals surface area contributed by atoms with Gasteiger partial charge in [0.2, 0.25) is 0 Å². The van der Waals surface area contributed by atoms with Crippen molar-refractivity contribution in [1.29, 1.82) is 0 Å². The summed E-state index contributed by atoms with van der Waals surface area (Å²) in [6.45, 7) is 11.0. The second-order valence-electron chi connectivity index (χ2n) is 6.93. The van der Waals surface area contributed by atoms with Gasteiger partial charge in [-0.05, 0) is 20.8 Å². The van der Waals surface area contributed by atoms with Crippen LogP contribution in [0.5, 0.6) is 0 Å². The average molecular weight is 474 g/mol. The maximum atomic E-state index is 12.1. The van der Waals surface area contributed by atoms with E-state index in [1.54, 1.807) is 20.9 Å². The number of morpholine rings is 1. The molecule has 2 saturated heterocycles. The van der Waals surface area contributed by atoms with Crippen LogP contribution in [0.15, 0.2) is 4.99 Å². The third kappa shape index (κ3) is 5.18. The number of aliphatic imine (C=N–C) groups is 1. The Labute approximate surface area is 163 Å². The largest absolute Gasteiger partial charge is 0.379 e. The highest BCUT2D eigenvalue weighted by Crippen LogP contribution is 2.23. The van der Waals surface area contributed by atoms with Crippen molar-refractivity contribution < 1.29 is 13.2 Å². The molecule has 0 radical (unpaired) electrons. The van der Waals surface area contributed by atoms with Crippen molar-refractivity contribution in [2.75, 3.05) is 58.7 Å². The number of halogens is 1. The summed E-state index contributed by atoms with van der Waals surface area (Å²) >= 11 is 0. The molecule has 0 aromatic heterocycles. The first kappa shape index (κ1) is 21.9. The van der Waals surface area contributed by atoms with Gasteiger partial charge in [0.05, 0.1) is 23.7 Å². The van der Waals surface area contributed by atoms with Gasteiger partial charge in [-0.3, -0.25) is 9.89 Å². The number of nitrogens with one attached hydrogen (secondary N) is 1. The van der Waals surface area contributed by atoms with Gasteiger partial charge in [-0.1, -0.05) is 0 Å². The second kappa shape index (κ2) is 9.00. The maximum Gasteiger partial charge on any atom is 0.193 e. The summed E-state index contributed by atoms with van der Waals surface area (Å²) in [5.41, 5.74) is 0. The van der Waals surface area contributed by atoms with E-state index in [-0.39, 0.29) is 29.7 Å². The molecule has 9 heteroatoms. The normalized spacial score (nSPS) is 27.4. The van der Waals surface area contributed by atoms with Crippen LogP contribution >= 0.6 is 24.0 Å². The summed E-state index contributed by atoms with van der Waals surface area (Å²) in [6.07, 6.45) is 0. The van der Waals surface area contributed by atoms with E-state index < -0.39 is 14.6 Å². The van der Waals surface area contributed by atoms with Crippen LogP contribution in [0, 0.1) is 0 Å². The van der Waals surface area contributed by atoms with Gasteiger partial charge in [-0.2, -0.15) is 0 Å². The lowest BCUT2D eigenvalue weighted by molar-refractivity contribution is 0.000823. The van der Waals surface area contributed by atoms with Crippen LogP contribution in [0.4, 0.5) is 0 Å². The lowest BCUT2D eigenvalue weighted by Gasteiger charge is -2.39. The summed E-state index contributed by atoms with van der Waals surface area (Å²) < 4.78 is 28.9. The Balaban J connectivity index is 0.00000288. The number of rotatable bonds is 3. The molecule has 24 heavy (non-hydrogen) atoms. The fourth-order valence-electron chi connectivity index (χ4n) is 3.06. The summed E-state index contributed by atoms with van der Waals surface area (Å²) in [5.74, 6) is 0.968. The van der Waals surface area contributed by atoms with Gasteiger partial charge < -0.3 is 15.0 Å². The van der Waals surface area contributed by atoms with Crippen LogP contribution in [-0.4, -0.2) is 93.7 Å². The number of nitrogens with zero attached hydrogens (tertiary/aromatic N) is 3. The monoisotopic (exact) mass is 474 g/mol. The minimum absolute atomic E-state index is 0. The Morgan fingerprint density at radius 3 is 2.67 bits per heavy atom. The van der Waals surface area contributed by atoms with E-state index in [1.807, 2.05) is 4.90 Å². The Morgan fingerprint density at radius 1 is 1.38 bits per heavy atom. The van der Waals surface area contributed by atoms with Gasteiger partial charge in [0.25, 0.3) is 0 Å². The van der Waals surface area contributed by atoms with Crippen LogP contribution in [0.25, 0.3) is 0 Å². The summed E-state index contributed by atoms with van der Waals surface area (Å²) in [7, 11) is -1.28. The second-order valence-corrected chi connectivity index (χ2v) is 9.68. The molecule has 142 valence electrons. The van der Waals surface area contributed by atoms with Crippen molar-refractivity contribution in [3.63, 3.8) is 0 Å². The van der Waals surface area contributed by atoms with Crippen molar-refractivity contribution >= 4 is 39.8 Å². The zero-order chi connectivity index (χ0) is 17.1. The van der Waals surface area contributed by atoms with Gasteiger partial charge in [0, 0.05) is 45.8 Å². The first-order valence-corrected chi connectivity index (χ1v) is 9.92. The Bertz CT molecular complexity index is 539. The van der Waals surface area contributed by atoms with Gasteiger partial charge in [0.15, 0.2) is 15.8 Å². The van der Waals surface area contributed by atoms with Crippen molar-refractivity contribution in [2.45, 2.75) is 31.6 Å². The predicted octanol–water partition coefficient (Wildman–Crippen LogP) is 0.410. The van der Waals surface area contributed by atoms with Crippen LogP contribution < -0.4 is 5.32 Å². The van der Waals surface area contributed by atoms with Gasteiger partial charge in [-0.25, -0.2) is 8.42 Å². The fourth-order valence-corrected chi connectivity index (χ4v) is 4.43. The molecule has 1 unspecified atom stereocenters. The van der Waals surface area contributed by atoms with Crippen LogP contribution in [0.1, 0.15) is 20.8 Å². The molecule has 1 N–H and O–H groups in total. The molecule has 0 amide bonds. The van der Waals surface area contributed by atoms with Crippen molar-refractivity contribution in [1.82, 2.24) is 15.1 Å². The molecular formula is C15H31IN4O3S. The van der Waals surface area contributed by atoms with E-state index in [0.29, 0.717) is 19.1 Å². The van der Waals surface area contributed by atoms with Gasteiger partial charge in [-0.15, -0.1) is 24.0 Å². The van der Waals surface area contributed by atoms with Crippen LogP contribution in [0.3, 0.4) is 0 Å². The first-order chi connectivity index (χ1) is 10.8. The predicted molar refractivity (Wildman–Crippen MR) is 108 cm³/mol. The van der Waals surface area contributed by atoms with E-state index in [2.05, 4.69) is 22.1 Å². The lowest BCUT2D eigenvalue weighted by Crippen LogP contribution is -2.58. The molecular weight excluding hydrogens is 443 g/mol. The molecule has 2 rings (SSSR count). The smallest absolute Gasteiger partial charge is 0.193 e. The Hall–Kier alpha value is -0.130. The summed E-state index contributed by atoms with van der Waals surface area (Å²) in [6, 6.07) is 0.437. The minimum Gasteiger partial charge on any atom is -0.379 e. The Kier molecular flexibility index (Phi) is 8.21. The van der Waals surface area contributed by atoms with E-state index in [4.69, 9.17) is 4.74 Å². The van der Waals surface area contributed by atoms with E-state index in [0.717, 1.165) is 38.8 Å². The third-order valence-electron chi connectivity index (χ3n) is 4.74. The topological polar surface area (TPSA) is 74.2 Å². The molecule has 2 aliphatic rings. The molecule has 2 aliphatic heterocycles. The lowest BCUT2D eigenvalue weighted by atomic mass is 10.2. The number of hydrogen-bond acceptors (Lipinski definition) is 5. The molecule has 0 saturated carbocycles. The molecule has 7 nitrogen and oxygen atoms in total. The number of ether oxygens (including phenoxy) is 1. The fraction of sp³-hybridized carbons (Fsp3) is 0.933. The van der Waals surface area contributed by atoms with Crippen molar-refractivity contribution in [3.05, 3.63) is 0 Å². The van der Waals surface area contributed by atoms with E-state index in [1.165, 1.54) is 0 Å². The highest BCUT2D eigenvalue weighted by molar-refractivity contribution is 14.0. The molecule has 0 aromatic carbocycles. The molecule has 0 spiro atoms. The zero-order valence-corrected chi connectivity index (χ0v) is 18.3. The third-order valence-corrected chi connectivity index (χ3v) is 7.28. The van der Waals surface area contributed by atoms with Crippen LogP contribution in [0.2, 0.25) is 0 Å². The van der Waals surface area contributed by atoms with Crippen molar-refractivity contribution in [2.24, 2.45) is 4.99 Å². The standard InChI is InChI=1S/C15H30N4O3S.HI/c1-13-11-22-9-7-18(13)6-5-17-14(16-4)19-8-10-23(20,21)15(2,3)12-19;/h13H,5-12H2,1-4H3,(H,16,17);1H. The summed E-state index contributed by atoms with van der Waals surface area (Å²) in [5, 5.41) is 3.37. The zero-order valence-electron chi connectivity index (χ0n) is 15.1. The Morgan fingerprint density at radius 2 is 2.08 bits per heavy atom. The van der Waals surface area contributed by atoms with E-state index >= 15 is 0 Å². The summed E-state index contributed by atoms with van der Waals surface area (Å²) in [4.78, 5) is 8.76. The number of sulfone groups is 1. The number of guanidine groups is 1. The van der Waals surface area contributed by atoms with E-state index in [9.17, 15) is 8.42 Å². The molecule has 2 fully saturated rings. The van der Waals surface area contributed by atoms with Gasteiger partial charge >= 0.3 is 0 Å². The SMILES string of the molecule is CN=C(NCCN1CCOCC1C)N1CCS(=O)(=O)C(C)(C)C1.I. The highest BCUT2D eigenvalue weighted by Gasteiger charge is 2.40. The highest BCUT2D eigenvalue weighted by atomic mass is 127. The first-order valence-electron chi connectivity index (χ1n) is 8.26.